The van der Waals surface area contributed by atoms with Crippen LogP contribution < -0.4 is 4.65 Å². The number of allylic oxidation sites excluding steroid dienone is 4. The van der Waals surface area contributed by atoms with Gasteiger partial charge in [0, 0.05) is 5.56 Å². The third kappa shape index (κ3) is 2.32. The highest BCUT2D eigenvalue weighted by molar-refractivity contribution is 6.71. The zero-order valence-electron chi connectivity index (χ0n) is 12.9. The maximum Gasteiger partial charge on any atom is 0.366 e. The minimum atomic E-state index is 0.310. The van der Waals surface area contributed by atoms with Gasteiger partial charge in [-0.15, -0.1) is 0 Å². The zero-order chi connectivity index (χ0) is 14.3. The van der Waals surface area contributed by atoms with Gasteiger partial charge in [-0.05, 0) is 42.5 Å². The summed E-state index contributed by atoms with van der Waals surface area (Å²) >= 11 is 0. The molecule has 0 bridgehead atoms. The summed E-state index contributed by atoms with van der Waals surface area (Å²) in [5.41, 5.74) is 4.13. The number of para-hydroxylation sites is 1. The van der Waals surface area contributed by atoms with E-state index in [0.717, 1.165) is 18.6 Å². The van der Waals surface area contributed by atoms with E-state index >= 15 is 0 Å². The van der Waals surface area contributed by atoms with Gasteiger partial charge in [0.15, 0.2) is 0 Å². The molecule has 1 aromatic carbocycles. The van der Waals surface area contributed by atoms with Gasteiger partial charge in [0.25, 0.3) is 0 Å². The maximum absolute atomic E-state index is 6.30. The lowest BCUT2D eigenvalue weighted by Gasteiger charge is -2.17. The predicted molar refractivity (Wildman–Crippen MR) is 87.3 cm³/mol. The number of rotatable bonds is 3. The first-order valence-corrected chi connectivity index (χ1v) is 7.62. The summed E-state index contributed by atoms with van der Waals surface area (Å²) in [4.78, 5) is 0. The molecule has 1 saturated heterocycles. The Morgan fingerprint density at radius 3 is 2.45 bits per heavy atom. The van der Waals surface area contributed by atoms with Crippen molar-refractivity contribution in [2.45, 2.75) is 51.7 Å². The van der Waals surface area contributed by atoms with Crippen LogP contribution >= 0.6 is 0 Å². The predicted octanol–water partition coefficient (Wildman–Crippen LogP) is 5.36. The molecule has 2 aliphatic rings. The highest BCUT2D eigenvalue weighted by atomic mass is 16.4. The van der Waals surface area contributed by atoms with E-state index in [4.69, 9.17) is 4.65 Å². The van der Waals surface area contributed by atoms with E-state index in [0.29, 0.717) is 18.0 Å². The molecule has 1 aliphatic heterocycles. The first-order valence-electron chi connectivity index (χ1n) is 7.62. The Balaban J connectivity index is 1.86. The monoisotopic (exact) mass is 266 g/mol. The Kier molecular flexibility index (Phi) is 3.28. The fourth-order valence-electron chi connectivity index (χ4n) is 3.03. The van der Waals surface area contributed by atoms with Crippen LogP contribution in [0, 0.1) is 0 Å². The second-order valence-corrected chi connectivity index (χ2v) is 6.85. The summed E-state index contributed by atoms with van der Waals surface area (Å²) in [5, 5.41) is 0.310. The van der Waals surface area contributed by atoms with Crippen molar-refractivity contribution in [2.75, 3.05) is 0 Å². The van der Waals surface area contributed by atoms with E-state index in [1.165, 1.54) is 16.7 Å². The van der Waals surface area contributed by atoms with E-state index in [1.807, 2.05) is 0 Å². The molecule has 1 aliphatic carbocycles. The highest BCUT2D eigenvalue weighted by Gasteiger charge is 2.62. The largest absolute Gasteiger partial charge is 0.559 e. The molecule has 0 spiro atoms. The smallest absolute Gasteiger partial charge is 0.366 e. The number of hydrogen-bond acceptors (Lipinski definition) is 1. The second-order valence-electron chi connectivity index (χ2n) is 6.85. The lowest BCUT2D eigenvalue weighted by atomic mass is 9.80. The maximum atomic E-state index is 6.30. The molecule has 1 aromatic rings. The van der Waals surface area contributed by atoms with Gasteiger partial charge in [-0.3, -0.25) is 0 Å². The van der Waals surface area contributed by atoms with Crippen LogP contribution in [0.25, 0.3) is 5.57 Å². The minimum Gasteiger partial charge on any atom is -0.559 e. The van der Waals surface area contributed by atoms with E-state index in [2.05, 4.69) is 64.1 Å². The van der Waals surface area contributed by atoms with Crippen molar-refractivity contribution in [1.82, 2.24) is 0 Å². The molecule has 0 saturated carbocycles. The third-order valence-electron chi connectivity index (χ3n) is 5.10. The molecule has 104 valence electrons. The van der Waals surface area contributed by atoms with Crippen molar-refractivity contribution in [2.24, 2.45) is 0 Å². The lowest BCUT2D eigenvalue weighted by molar-refractivity contribution is 0.578. The van der Waals surface area contributed by atoms with Crippen molar-refractivity contribution in [1.29, 1.82) is 0 Å². The van der Waals surface area contributed by atoms with Crippen LogP contribution in [-0.4, -0.2) is 6.92 Å². The van der Waals surface area contributed by atoms with Crippen LogP contribution in [-0.2, 0) is 0 Å². The van der Waals surface area contributed by atoms with Gasteiger partial charge in [-0.1, -0.05) is 56.7 Å². The van der Waals surface area contributed by atoms with Crippen LogP contribution in [0.1, 0.15) is 46.1 Å². The van der Waals surface area contributed by atoms with Crippen molar-refractivity contribution in [3.05, 3.63) is 47.6 Å². The van der Waals surface area contributed by atoms with Gasteiger partial charge < -0.3 is 4.65 Å². The standard InChI is InChI=1S/C18H23BO/c1-13-9-11-15(12-10-13)16-7-5-6-8-17(16)20-19-14(2)18(19,3)4/h5-9,11,14H,10,12H2,1-4H3. The van der Waals surface area contributed by atoms with Crippen molar-refractivity contribution < 1.29 is 4.65 Å². The topological polar surface area (TPSA) is 9.23 Å². The van der Waals surface area contributed by atoms with Crippen LogP contribution in [0.2, 0.25) is 11.1 Å². The van der Waals surface area contributed by atoms with Crippen LogP contribution in [0.5, 0.6) is 5.75 Å². The second kappa shape index (κ2) is 4.84. The van der Waals surface area contributed by atoms with Gasteiger partial charge in [0.05, 0.1) is 0 Å². The zero-order valence-corrected chi connectivity index (χ0v) is 12.9. The molecule has 1 atom stereocenters. The Labute approximate surface area is 122 Å². The summed E-state index contributed by atoms with van der Waals surface area (Å²) in [7, 11) is 0. The summed E-state index contributed by atoms with van der Waals surface area (Å²) in [6.07, 6.45) is 6.76. The molecule has 20 heavy (non-hydrogen) atoms. The molecule has 0 amide bonds. The molecule has 2 heteroatoms. The first kappa shape index (κ1) is 13.5. The number of benzene rings is 1. The summed E-state index contributed by atoms with van der Waals surface area (Å²) in [6, 6.07) is 8.48. The van der Waals surface area contributed by atoms with Gasteiger partial charge >= 0.3 is 6.92 Å². The van der Waals surface area contributed by atoms with Crippen LogP contribution in [0.15, 0.2) is 42.0 Å². The molecule has 0 radical (unpaired) electrons. The Bertz CT molecular complexity index is 583. The van der Waals surface area contributed by atoms with Crippen molar-refractivity contribution in [3.8, 4) is 5.75 Å². The molecule has 1 nitrogen and oxygen atoms in total. The Morgan fingerprint density at radius 1 is 1.15 bits per heavy atom. The molecule has 0 N–H and O–H groups in total. The molecule has 1 unspecified atom stereocenters. The van der Waals surface area contributed by atoms with Crippen LogP contribution in [0.3, 0.4) is 0 Å². The van der Waals surface area contributed by atoms with E-state index in [9.17, 15) is 0 Å². The molecule has 1 fully saturated rings. The Hall–Kier alpha value is -1.44. The quantitative estimate of drug-likeness (QED) is 0.669. The summed E-state index contributed by atoms with van der Waals surface area (Å²) in [5.74, 6) is 1.69. The highest BCUT2D eigenvalue weighted by Crippen LogP contribution is 2.62. The Morgan fingerprint density at radius 2 is 1.85 bits per heavy atom. The summed E-state index contributed by atoms with van der Waals surface area (Å²) < 4.78 is 6.30. The fourth-order valence-corrected chi connectivity index (χ4v) is 3.03. The molecular formula is C18H23BO. The summed E-state index contributed by atoms with van der Waals surface area (Å²) in [6.45, 7) is 9.40. The lowest BCUT2D eigenvalue weighted by Crippen LogP contribution is -2.09. The van der Waals surface area contributed by atoms with Gasteiger partial charge in [0.2, 0.25) is 0 Å². The van der Waals surface area contributed by atoms with Crippen molar-refractivity contribution in [3.63, 3.8) is 0 Å². The number of hydrogen-bond donors (Lipinski definition) is 0. The minimum absolute atomic E-state index is 0.310. The molecule has 1 heterocycles. The van der Waals surface area contributed by atoms with E-state index < -0.39 is 0 Å². The van der Waals surface area contributed by atoms with Crippen molar-refractivity contribution >= 4 is 12.5 Å². The van der Waals surface area contributed by atoms with Gasteiger partial charge in [-0.25, -0.2) is 0 Å². The van der Waals surface area contributed by atoms with E-state index in [-0.39, 0.29) is 0 Å². The fraction of sp³-hybridized carbons (Fsp3) is 0.444. The SMILES string of the molecule is CC1=CC=C(c2ccccc2OB2C(C)C2(C)C)CC1. The normalized spacial score (nSPS) is 24.0. The van der Waals surface area contributed by atoms with E-state index in [1.54, 1.807) is 0 Å². The molecule has 3 rings (SSSR count). The molecular weight excluding hydrogens is 243 g/mol. The third-order valence-corrected chi connectivity index (χ3v) is 5.10. The van der Waals surface area contributed by atoms with Crippen LogP contribution in [0.4, 0.5) is 0 Å². The average Bonchev–Trinajstić information content (AvgIpc) is 2.91. The first-order chi connectivity index (χ1) is 9.50. The molecule has 0 aromatic heterocycles. The average molecular weight is 266 g/mol. The van der Waals surface area contributed by atoms with Gasteiger partial charge in [0.1, 0.15) is 5.75 Å². The van der Waals surface area contributed by atoms with Gasteiger partial charge in [-0.2, -0.15) is 0 Å².